The third kappa shape index (κ3) is 4.12. The predicted octanol–water partition coefficient (Wildman–Crippen LogP) is 4.00. The van der Waals surface area contributed by atoms with E-state index in [1.807, 2.05) is 30.5 Å². The number of aromatic nitrogens is 3. The second-order valence-corrected chi connectivity index (χ2v) is 9.24. The Hall–Kier alpha value is -2.64. The van der Waals surface area contributed by atoms with E-state index < -0.39 is 5.54 Å². The summed E-state index contributed by atoms with van der Waals surface area (Å²) in [6, 6.07) is 8.21. The molecule has 0 saturated heterocycles. The molecule has 5 rings (SSSR count). The van der Waals surface area contributed by atoms with E-state index in [0.29, 0.717) is 5.15 Å². The largest absolute Gasteiger partial charge is 0.367 e. The Morgan fingerprint density at radius 3 is 2.87 bits per heavy atom. The number of nitrogens with one attached hydrogen (secondary N) is 3. The number of anilines is 1. The highest BCUT2D eigenvalue weighted by Crippen LogP contribution is 2.32. The van der Waals surface area contributed by atoms with E-state index in [1.54, 1.807) is 6.20 Å². The molecule has 2 atom stereocenters. The molecule has 0 spiro atoms. The van der Waals surface area contributed by atoms with Crippen molar-refractivity contribution in [2.75, 3.05) is 5.32 Å². The summed E-state index contributed by atoms with van der Waals surface area (Å²) in [4.78, 5) is 24.6. The highest BCUT2D eigenvalue weighted by Gasteiger charge is 2.41. The van der Waals surface area contributed by atoms with Gasteiger partial charge in [0, 0.05) is 35.4 Å². The van der Waals surface area contributed by atoms with E-state index in [4.69, 9.17) is 17.3 Å². The fraction of sp³-hybridized carbons (Fsp3) is 0.435. The summed E-state index contributed by atoms with van der Waals surface area (Å²) in [6.07, 6.45) is 10.2. The van der Waals surface area contributed by atoms with Crippen LogP contribution in [0.1, 0.15) is 44.9 Å². The lowest BCUT2D eigenvalue weighted by Crippen LogP contribution is -2.60. The van der Waals surface area contributed by atoms with Crippen molar-refractivity contribution in [1.82, 2.24) is 20.3 Å². The van der Waals surface area contributed by atoms with Gasteiger partial charge < -0.3 is 21.4 Å². The number of hydrogen-bond acceptors (Lipinski definition) is 5. The molecule has 1 amide bonds. The molecule has 3 aromatic rings. The quantitative estimate of drug-likeness (QED) is 0.450. The summed E-state index contributed by atoms with van der Waals surface area (Å²) in [5.74, 6) is 0.743. The summed E-state index contributed by atoms with van der Waals surface area (Å²) in [5, 5.41) is 8.20. The number of carbonyl (C=O) groups is 1. The van der Waals surface area contributed by atoms with Gasteiger partial charge in [0.25, 0.3) is 0 Å². The molecule has 0 radical (unpaired) electrons. The summed E-state index contributed by atoms with van der Waals surface area (Å²) < 4.78 is 0. The third-order valence-electron chi connectivity index (χ3n) is 6.62. The van der Waals surface area contributed by atoms with Crippen LogP contribution in [0.4, 0.5) is 5.82 Å². The Morgan fingerprint density at radius 2 is 2.06 bits per heavy atom. The number of fused-ring (bicyclic) bond motifs is 1. The van der Waals surface area contributed by atoms with Crippen LogP contribution in [0.3, 0.4) is 0 Å². The van der Waals surface area contributed by atoms with Crippen molar-refractivity contribution >= 4 is 34.4 Å². The van der Waals surface area contributed by atoms with Crippen LogP contribution in [0.25, 0.3) is 22.2 Å². The molecule has 0 aliphatic heterocycles. The molecule has 2 fully saturated rings. The molecule has 5 N–H and O–H groups in total. The molecule has 8 heteroatoms. The van der Waals surface area contributed by atoms with Crippen molar-refractivity contribution < 1.29 is 4.79 Å². The molecule has 2 saturated carbocycles. The predicted molar refractivity (Wildman–Crippen MR) is 123 cm³/mol. The first-order valence-electron chi connectivity index (χ1n) is 11.0. The maximum atomic E-state index is 12.5. The summed E-state index contributed by atoms with van der Waals surface area (Å²) in [6.45, 7) is 0. The van der Waals surface area contributed by atoms with Crippen LogP contribution >= 0.6 is 11.6 Å². The van der Waals surface area contributed by atoms with E-state index in [9.17, 15) is 4.79 Å². The normalized spacial score (nSPS) is 22.6. The van der Waals surface area contributed by atoms with Gasteiger partial charge in [0.05, 0.1) is 5.54 Å². The standard InChI is InChI=1S/C23H27ClN6O/c24-19-10-14(18-13-27-21-17(18)6-2-9-26-21)11-20(30-19)28-15-4-1-5-16(12-15)29-22(31)23(25)7-3-8-23/h2,6,9-11,13,15-16H,1,3-5,7-8,12,25H2,(H,26,27)(H,28,30)(H,29,31). The van der Waals surface area contributed by atoms with Gasteiger partial charge in [-0.15, -0.1) is 0 Å². The summed E-state index contributed by atoms with van der Waals surface area (Å²) in [7, 11) is 0. The molecular formula is C23H27ClN6O. The monoisotopic (exact) mass is 438 g/mol. The SMILES string of the molecule is NC1(C(=O)NC2CCCC(Nc3cc(-c4c[nH]c5ncccc45)cc(Cl)n3)C2)CCC1. The first kappa shape index (κ1) is 20.3. The van der Waals surface area contributed by atoms with Crippen molar-refractivity contribution in [3.05, 3.63) is 41.8 Å². The van der Waals surface area contributed by atoms with Gasteiger partial charge in [-0.1, -0.05) is 11.6 Å². The highest BCUT2D eigenvalue weighted by molar-refractivity contribution is 6.29. The van der Waals surface area contributed by atoms with Crippen LogP contribution in [0.15, 0.2) is 36.7 Å². The van der Waals surface area contributed by atoms with Gasteiger partial charge in [-0.05, 0) is 74.8 Å². The van der Waals surface area contributed by atoms with Crippen molar-refractivity contribution in [3.8, 4) is 11.1 Å². The molecule has 0 aromatic carbocycles. The first-order chi connectivity index (χ1) is 15.0. The lowest BCUT2D eigenvalue weighted by Gasteiger charge is -2.39. The number of halogens is 1. The van der Waals surface area contributed by atoms with Crippen LogP contribution < -0.4 is 16.4 Å². The Morgan fingerprint density at radius 1 is 1.23 bits per heavy atom. The van der Waals surface area contributed by atoms with Gasteiger partial charge in [-0.3, -0.25) is 4.79 Å². The molecule has 3 aromatic heterocycles. The molecule has 7 nitrogen and oxygen atoms in total. The number of hydrogen-bond donors (Lipinski definition) is 4. The molecule has 2 aliphatic carbocycles. The van der Waals surface area contributed by atoms with Crippen molar-refractivity contribution in [2.45, 2.75) is 62.6 Å². The minimum Gasteiger partial charge on any atom is -0.367 e. The molecule has 0 bridgehead atoms. The maximum Gasteiger partial charge on any atom is 0.240 e. The van der Waals surface area contributed by atoms with Crippen LogP contribution in [0.2, 0.25) is 5.15 Å². The van der Waals surface area contributed by atoms with E-state index in [1.165, 1.54) is 0 Å². The van der Waals surface area contributed by atoms with E-state index in [0.717, 1.165) is 72.9 Å². The van der Waals surface area contributed by atoms with E-state index in [-0.39, 0.29) is 18.0 Å². The zero-order valence-electron chi connectivity index (χ0n) is 17.3. The Balaban J connectivity index is 1.30. The number of H-pyrrole nitrogens is 1. The van der Waals surface area contributed by atoms with Gasteiger partial charge in [0.2, 0.25) is 5.91 Å². The minimum absolute atomic E-state index is 0.000474. The molecule has 31 heavy (non-hydrogen) atoms. The van der Waals surface area contributed by atoms with Gasteiger partial charge in [0.1, 0.15) is 16.6 Å². The average molecular weight is 439 g/mol. The maximum absolute atomic E-state index is 12.5. The van der Waals surface area contributed by atoms with Crippen LogP contribution in [0.5, 0.6) is 0 Å². The Bertz CT molecular complexity index is 1110. The van der Waals surface area contributed by atoms with Crippen molar-refractivity contribution in [1.29, 1.82) is 0 Å². The molecule has 162 valence electrons. The number of nitrogens with zero attached hydrogens (tertiary/aromatic N) is 2. The smallest absolute Gasteiger partial charge is 0.240 e. The summed E-state index contributed by atoms with van der Waals surface area (Å²) >= 11 is 6.36. The van der Waals surface area contributed by atoms with E-state index >= 15 is 0 Å². The van der Waals surface area contributed by atoms with Gasteiger partial charge in [-0.2, -0.15) is 0 Å². The summed E-state index contributed by atoms with van der Waals surface area (Å²) in [5.41, 5.74) is 8.39. The molecule has 2 unspecified atom stereocenters. The number of pyridine rings is 2. The second-order valence-electron chi connectivity index (χ2n) is 8.85. The zero-order valence-corrected chi connectivity index (χ0v) is 18.1. The van der Waals surface area contributed by atoms with Crippen molar-refractivity contribution in [3.63, 3.8) is 0 Å². The lowest BCUT2D eigenvalue weighted by atomic mass is 9.76. The van der Waals surface area contributed by atoms with Gasteiger partial charge >= 0.3 is 0 Å². The highest BCUT2D eigenvalue weighted by atomic mass is 35.5. The number of carbonyl (C=O) groups excluding carboxylic acids is 1. The first-order valence-corrected chi connectivity index (χ1v) is 11.3. The van der Waals surface area contributed by atoms with Gasteiger partial charge in [0.15, 0.2) is 0 Å². The lowest BCUT2D eigenvalue weighted by molar-refractivity contribution is -0.130. The molecular weight excluding hydrogens is 412 g/mol. The second kappa shape index (κ2) is 8.13. The van der Waals surface area contributed by atoms with E-state index in [2.05, 4.69) is 25.6 Å². The van der Waals surface area contributed by atoms with Crippen molar-refractivity contribution in [2.24, 2.45) is 5.73 Å². The Kier molecular flexibility index (Phi) is 5.32. The third-order valence-corrected chi connectivity index (χ3v) is 6.81. The molecule has 2 aliphatic rings. The fourth-order valence-electron chi connectivity index (χ4n) is 4.70. The molecule has 3 heterocycles. The fourth-order valence-corrected chi connectivity index (χ4v) is 4.90. The van der Waals surface area contributed by atoms with Gasteiger partial charge in [-0.25, -0.2) is 9.97 Å². The number of nitrogens with two attached hydrogens (primary N) is 1. The Labute approximate surface area is 186 Å². The van der Waals surface area contributed by atoms with Crippen LogP contribution in [0, 0.1) is 0 Å². The average Bonchev–Trinajstić information content (AvgIpc) is 3.16. The minimum atomic E-state index is -0.655. The topological polar surface area (TPSA) is 109 Å². The number of aromatic amines is 1. The number of rotatable bonds is 5. The van der Waals surface area contributed by atoms with Crippen LogP contribution in [-0.4, -0.2) is 38.5 Å². The zero-order chi connectivity index (χ0) is 21.4. The van der Waals surface area contributed by atoms with Crippen LogP contribution in [-0.2, 0) is 4.79 Å². The number of amides is 1.